The van der Waals surface area contributed by atoms with Gasteiger partial charge in [-0.1, -0.05) is 12.1 Å². The number of benzene rings is 1. The molecule has 0 N–H and O–H groups in total. The average molecular weight is 272 g/mol. The third kappa shape index (κ3) is 2.23. The highest BCUT2D eigenvalue weighted by atomic mass is 16.5. The predicted octanol–water partition coefficient (Wildman–Crippen LogP) is 2.29. The maximum atomic E-state index is 5.60. The summed E-state index contributed by atoms with van der Waals surface area (Å²) in [6.07, 6.45) is 3.86. The zero-order chi connectivity index (χ0) is 13.5. The fraction of sp³-hybridized carbons (Fsp3) is 0.647. The van der Waals surface area contributed by atoms with Crippen LogP contribution in [0.15, 0.2) is 18.2 Å². The van der Waals surface area contributed by atoms with Crippen molar-refractivity contribution < 1.29 is 4.74 Å². The zero-order valence-electron chi connectivity index (χ0n) is 12.3. The summed E-state index contributed by atoms with van der Waals surface area (Å²) in [5.41, 5.74) is 2.85. The van der Waals surface area contributed by atoms with E-state index in [9.17, 15) is 0 Å². The fourth-order valence-electron chi connectivity index (χ4n) is 4.04. The van der Waals surface area contributed by atoms with Gasteiger partial charge in [0.25, 0.3) is 0 Å². The van der Waals surface area contributed by atoms with E-state index in [1.807, 2.05) is 0 Å². The first-order valence-corrected chi connectivity index (χ1v) is 8.02. The van der Waals surface area contributed by atoms with Crippen LogP contribution in [-0.2, 0) is 13.0 Å². The SMILES string of the molecule is C[C@H]1CN2CCC[C@@H]2CN1Cc1ccc2c(c1)CCO2. The predicted molar refractivity (Wildman–Crippen MR) is 80.1 cm³/mol. The molecule has 0 saturated carbocycles. The van der Waals surface area contributed by atoms with Crippen LogP contribution >= 0.6 is 0 Å². The number of hydrogen-bond acceptors (Lipinski definition) is 3. The first-order chi connectivity index (χ1) is 9.79. The molecule has 2 saturated heterocycles. The molecular weight excluding hydrogens is 248 g/mol. The molecule has 2 atom stereocenters. The highest BCUT2D eigenvalue weighted by Crippen LogP contribution is 2.29. The highest BCUT2D eigenvalue weighted by molar-refractivity contribution is 5.39. The molecule has 1 aromatic carbocycles. The normalized spacial score (nSPS) is 30.1. The molecule has 3 heteroatoms. The Labute approximate surface area is 121 Å². The number of ether oxygens (including phenoxy) is 1. The van der Waals surface area contributed by atoms with Gasteiger partial charge in [-0.15, -0.1) is 0 Å². The van der Waals surface area contributed by atoms with Crippen LogP contribution in [0.4, 0.5) is 0 Å². The zero-order valence-corrected chi connectivity index (χ0v) is 12.3. The summed E-state index contributed by atoms with van der Waals surface area (Å²) >= 11 is 0. The van der Waals surface area contributed by atoms with Crippen molar-refractivity contribution in [3.05, 3.63) is 29.3 Å². The van der Waals surface area contributed by atoms with Gasteiger partial charge < -0.3 is 4.74 Å². The van der Waals surface area contributed by atoms with Crippen molar-refractivity contribution in [3.8, 4) is 5.75 Å². The Balaban J connectivity index is 1.48. The van der Waals surface area contributed by atoms with Gasteiger partial charge in [0.2, 0.25) is 0 Å². The maximum absolute atomic E-state index is 5.60. The van der Waals surface area contributed by atoms with Crippen LogP contribution in [-0.4, -0.2) is 48.1 Å². The molecule has 1 aromatic rings. The molecule has 4 rings (SSSR count). The molecule has 3 aliphatic rings. The van der Waals surface area contributed by atoms with Gasteiger partial charge in [0.15, 0.2) is 0 Å². The number of piperazine rings is 1. The molecule has 0 unspecified atom stereocenters. The smallest absolute Gasteiger partial charge is 0.122 e. The highest BCUT2D eigenvalue weighted by Gasteiger charge is 2.34. The summed E-state index contributed by atoms with van der Waals surface area (Å²) in [4.78, 5) is 5.36. The molecule has 2 fully saturated rings. The second-order valence-corrected chi connectivity index (χ2v) is 6.61. The van der Waals surface area contributed by atoms with Gasteiger partial charge in [-0.25, -0.2) is 0 Å². The summed E-state index contributed by atoms with van der Waals surface area (Å²) in [6.45, 7) is 8.15. The standard InChI is InChI=1S/C17H24N2O/c1-13-10-18-7-2-3-16(18)12-19(13)11-14-4-5-17-15(9-14)6-8-20-17/h4-5,9,13,16H,2-3,6-8,10-12H2,1H3/t13-,16+/m0/s1. The quantitative estimate of drug-likeness (QED) is 0.821. The Morgan fingerprint density at radius 2 is 2.25 bits per heavy atom. The Morgan fingerprint density at radius 3 is 3.20 bits per heavy atom. The largest absolute Gasteiger partial charge is 0.493 e. The second kappa shape index (κ2) is 5.05. The van der Waals surface area contributed by atoms with Crippen molar-refractivity contribution in [3.63, 3.8) is 0 Å². The van der Waals surface area contributed by atoms with E-state index in [0.29, 0.717) is 6.04 Å². The van der Waals surface area contributed by atoms with Crippen molar-refractivity contribution in [1.82, 2.24) is 9.80 Å². The molecule has 3 nitrogen and oxygen atoms in total. The van der Waals surface area contributed by atoms with E-state index in [-0.39, 0.29) is 0 Å². The summed E-state index contributed by atoms with van der Waals surface area (Å²) < 4.78 is 5.60. The molecule has 3 aliphatic heterocycles. The summed E-state index contributed by atoms with van der Waals surface area (Å²) in [5, 5.41) is 0. The Hall–Kier alpha value is -1.06. The number of hydrogen-bond donors (Lipinski definition) is 0. The molecule has 0 bridgehead atoms. The third-order valence-electron chi connectivity index (χ3n) is 5.21. The summed E-state index contributed by atoms with van der Waals surface area (Å²) in [7, 11) is 0. The minimum absolute atomic E-state index is 0.675. The lowest BCUT2D eigenvalue weighted by molar-refractivity contribution is 0.0540. The van der Waals surface area contributed by atoms with E-state index >= 15 is 0 Å². The van der Waals surface area contributed by atoms with Crippen molar-refractivity contribution >= 4 is 0 Å². The Morgan fingerprint density at radius 1 is 1.30 bits per heavy atom. The molecule has 108 valence electrons. The van der Waals surface area contributed by atoms with Gasteiger partial charge in [0, 0.05) is 38.1 Å². The van der Waals surface area contributed by atoms with E-state index in [0.717, 1.165) is 31.4 Å². The van der Waals surface area contributed by atoms with Gasteiger partial charge in [-0.05, 0) is 43.5 Å². The van der Waals surface area contributed by atoms with Crippen molar-refractivity contribution in [2.75, 3.05) is 26.2 Å². The molecule has 3 heterocycles. The van der Waals surface area contributed by atoms with E-state index in [4.69, 9.17) is 4.74 Å². The lowest BCUT2D eigenvalue weighted by Crippen LogP contribution is -2.54. The fourth-order valence-corrected chi connectivity index (χ4v) is 4.04. The molecule has 0 amide bonds. The van der Waals surface area contributed by atoms with E-state index in [1.165, 1.54) is 43.6 Å². The van der Waals surface area contributed by atoms with Crippen LogP contribution in [0.2, 0.25) is 0 Å². The summed E-state index contributed by atoms with van der Waals surface area (Å²) in [5.74, 6) is 1.10. The molecule has 0 radical (unpaired) electrons. The topological polar surface area (TPSA) is 15.7 Å². The van der Waals surface area contributed by atoms with Gasteiger partial charge in [0.1, 0.15) is 5.75 Å². The maximum Gasteiger partial charge on any atom is 0.122 e. The molecule has 20 heavy (non-hydrogen) atoms. The van der Waals surface area contributed by atoms with Gasteiger partial charge in [-0.3, -0.25) is 9.80 Å². The van der Waals surface area contributed by atoms with Gasteiger partial charge in [0.05, 0.1) is 6.61 Å². The monoisotopic (exact) mass is 272 g/mol. The van der Waals surface area contributed by atoms with E-state index in [2.05, 4.69) is 34.9 Å². The van der Waals surface area contributed by atoms with Crippen LogP contribution < -0.4 is 4.74 Å². The van der Waals surface area contributed by atoms with E-state index < -0.39 is 0 Å². The lowest BCUT2D eigenvalue weighted by atomic mass is 10.0. The van der Waals surface area contributed by atoms with Crippen molar-refractivity contribution in [2.24, 2.45) is 0 Å². The van der Waals surface area contributed by atoms with Gasteiger partial charge in [-0.2, -0.15) is 0 Å². The Kier molecular flexibility index (Phi) is 3.20. The van der Waals surface area contributed by atoms with Crippen molar-refractivity contribution in [1.29, 1.82) is 0 Å². The number of rotatable bonds is 2. The van der Waals surface area contributed by atoms with Crippen LogP contribution in [0, 0.1) is 0 Å². The van der Waals surface area contributed by atoms with Gasteiger partial charge >= 0.3 is 0 Å². The first-order valence-electron chi connectivity index (χ1n) is 8.02. The lowest BCUT2D eigenvalue weighted by Gasteiger charge is -2.42. The average Bonchev–Trinajstić information content (AvgIpc) is 3.06. The molecule has 0 aromatic heterocycles. The third-order valence-corrected chi connectivity index (χ3v) is 5.21. The summed E-state index contributed by atoms with van der Waals surface area (Å²) in [6, 6.07) is 8.25. The minimum atomic E-state index is 0.675. The first kappa shape index (κ1) is 12.7. The van der Waals surface area contributed by atoms with Crippen LogP contribution in [0.1, 0.15) is 30.9 Å². The number of nitrogens with zero attached hydrogens (tertiary/aromatic N) is 2. The Bertz CT molecular complexity index is 502. The number of fused-ring (bicyclic) bond motifs is 2. The van der Waals surface area contributed by atoms with Crippen LogP contribution in [0.25, 0.3) is 0 Å². The van der Waals surface area contributed by atoms with Crippen LogP contribution in [0.3, 0.4) is 0 Å². The van der Waals surface area contributed by atoms with Crippen LogP contribution in [0.5, 0.6) is 5.75 Å². The van der Waals surface area contributed by atoms with Crippen molar-refractivity contribution in [2.45, 2.75) is 44.8 Å². The second-order valence-electron chi connectivity index (χ2n) is 6.61. The minimum Gasteiger partial charge on any atom is -0.493 e. The molecular formula is C17H24N2O. The molecule has 0 spiro atoms. The van der Waals surface area contributed by atoms with E-state index in [1.54, 1.807) is 0 Å². The molecule has 0 aliphatic carbocycles.